The maximum absolute atomic E-state index is 11.6. The van der Waals surface area contributed by atoms with Crippen LogP contribution >= 0.6 is 0 Å². The topological polar surface area (TPSA) is 71.7 Å². The van der Waals surface area contributed by atoms with Gasteiger partial charge in [0.1, 0.15) is 11.6 Å². The van der Waals surface area contributed by atoms with E-state index in [0.29, 0.717) is 12.2 Å². The van der Waals surface area contributed by atoms with Crippen LogP contribution in [0.25, 0.3) is 5.52 Å². The zero-order valence-electron chi connectivity index (χ0n) is 10.5. The number of hydrogen-bond donors (Lipinski definition) is 1. The molecule has 0 amide bonds. The first kappa shape index (κ1) is 12.5. The Hall–Kier alpha value is -1.56. The number of pyridine rings is 1. The summed E-state index contributed by atoms with van der Waals surface area (Å²) in [7, 11) is -2.87. The second kappa shape index (κ2) is 4.52. The predicted octanol–water partition coefficient (Wildman–Crippen LogP) is 1.41. The summed E-state index contributed by atoms with van der Waals surface area (Å²) in [5.41, 5.74) is 0.827. The highest BCUT2D eigenvalue weighted by Gasteiger charge is 2.25. The van der Waals surface area contributed by atoms with Gasteiger partial charge in [0.15, 0.2) is 9.84 Å². The molecule has 6 heteroatoms. The Kier molecular flexibility index (Phi) is 2.97. The first-order chi connectivity index (χ1) is 9.03. The van der Waals surface area contributed by atoms with Crippen molar-refractivity contribution in [2.75, 3.05) is 11.5 Å². The molecule has 2 aromatic heterocycles. The average Bonchev–Trinajstić information content (AvgIpc) is 2.70. The smallest absolute Gasteiger partial charge is 0.150 e. The van der Waals surface area contributed by atoms with Crippen LogP contribution in [0.2, 0.25) is 0 Å². The van der Waals surface area contributed by atoms with E-state index in [1.165, 1.54) is 0 Å². The third-order valence-corrected chi connectivity index (χ3v) is 5.51. The van der Waals surface area contributed by atoms with E-state index < -0.39 is 9.84 Å². The molecule has 0 saturated carbocycles. The minimum absolute atomic E-state index is 0.151. The van der Waals surface area contributed by atoms with Crippen molar-refractivity contribution in [1.29, 1.82) is 0 Å². The van der Waals surface area contributed by atoms with Gasteiger partial charge >= 0.3 is 0 Å². The molecule has 1 saturated heterocycles. The molecule has 102 valence electrons. The summed E-state index contributed by atoms with van der Waals surface area (Å²) < 4.78 is 25.2. The number of hydrogen-bond acceptors (Lipinski definition) is 4. The number of aromatic hydroxyl groups is 1. The van der Waals surface area contributed by atoms with Gasteiger partial charge in [-0.25, -0.2) is 13.4 Å². The maximum Gasteiger partial charge on any atom is 0.150 e. The molecule has 3 rings (SSSR count). The van der Waals surface area contributed by atoms with Gasteiger partial charge in [0, 0.05) is 18.7 Å². The van der Waals surface area contributed by atoms with Gasteiger partial charge in [-0.2, -0.15) is 0 Å². The van der Waals surface area contributed by atoms with E-state index in [2.05, 4.69) is 4.98 Å². The molecule has 1 atom stereocenters. The third kappa shape index (κ3) is 2.58. The zero-order chi connectivity index (χ0) is 13.5. The fourth-order valence-electron chi connectivity index (χ4n) is 2.73. The molecule has 0 aliphatic carbocycles. The van der Waals surface area contributed by atoms with Crippen molar-refractivity contribution < 1.29 is 13.5 Å². The van der Waals surface area contributed by atoms with Crippen LogP contribution in [0.4, 0.5) is 0 Å². The van der Waals surface area contributed by atoms with Crippen LogP contribution in [0.5, 0.6) is 5.75 Å². The Morgan fingerprint density at radius 3 is 3.11 bits per heavy atom. The molecular weight excluding hydrogens is 264 g/mol. The highest BCUT2D eigenvalue weighted by Crippen LogP contribution is 2.23. The normalized spacial score (nSPS) is 22.6. The van der Waals surface area contributed by atoms with Crippen molar-refractivity contribution >= 4 is 15.4 Å². The Morgan fingerprint density at radius 2 is 2.32 bits per heavy atom. The third-order valence-electron chi connectivity index (χ3n) is 3.62. The van der Waals surface area contributed by atoms with Gasteiger partial charge < -0.3 is 9.51 Å². The zero-order valence-corrected chi connectivity index (χ0v) is 11.3. The van der Waals surface area contributed by atoms with E-state index in [0.717, 1.165) is 24.2 Å². The van der Waals surface area contributed by atoms with Gasteiger partial charge in [-0.3, -0.25) is 0 Å². The molecule has 0 aromatic carbocycles. The van der Waals surface area contributed by atoms with Crippen LogP contribution < -0.4 is 0 Å². The van der Waals surface area contributed by atoms with Crippen LogP contribution in [0.3, 0.4) is 0 Å². The lowest BCUT2D eigenvalue weighted by Crippen LogP contribution is -2.26. The quantitative estimate of drug-likeness (QED) is 0.902. The largest absolute Gasteiger partial charge is 0.508 e. The number of sulfone groups is 1. The molecule has 1 fully saturated rings. The number of rotatable bonds is 2. The van der Waals surface area contributed by atoms with E-state index in [9.17, 15) is 13.5 Å². The van der Waals surface area contributed by atoms with Gasteiger partial charge in [-0.1, -0.05) is 0 Å². The highest BCUT2D eigenvalue weighted by atomic mass is 32.2. The van der Waals surface area contributed by atoms with Gasteiger partial charge in [0.2, 0.25) is 0 Å². The summed E-state index contributed by atoms with van der Waals surface area (Å²) in [5, 5.41) is 9.41. The van der Waals surface area contributed by atoms with Crippen molar-refractivity contribution in [3.8, 4) is 5.75 Å². The van der Waals surface area contributed by atoms with Crippen molar-refractivity contribution in [2.24, 2.45) is 5.92 Å². The standard InChI is InChI=1S/C13H16N2O3S/c16-12-3-4-15-11(7-12)8-14-13(15)6-10-2-1-5-19(17,18)9-10/h3-4,7-8,10,16H,1-2,5-6,9H2. The average molecular weight is 280 g/mol. The summed E-state index contributed by atoms with van der Waals surface area (Å²) in [5.74, 6) is 1.80. The Bertz CT molecular complexity index is 706. The summed E-state index contributed by atoms with van der Waals surface area (Å²) >= 11 is 0. The lowest BCUT2D eigenvalue weighted by Gasteiger charge is -2.21. The molecule has 1 N–H and O–H groups in total. The number of aromatic nitrogens is 2. The summed E-state index contributed by atoms with van der Waals surface area (Å²) in [6, 6.07) is 3.25. The lowest BCUT2D eigenvalue weighted by molar-refractivity contribution is 0.472. The minimum atomic E-state index is -2.87. The number of imidazole rings is 1. The Morgan fingerprint density at radius 1 is 1.47 bits per heavy atom. The fraction of sp³-hybridized carbons (Fsp3) is 0.462. The fourth-order valence-corrected chi connectivity index (χ4v) is 4.51. The molecule has 19 heavy (non-hydrogen) atoms. The van der Waals surface area contributed by atoms with Crippen LogP contribution in [-0.2, 0) is 16.3 Å². The van der Waals surface area contributed by atoms with Crippen LogP contribution in [0.1, 0.15) is 18.7 Å². The molecule has 5 nitrogen and oxygen atoms in total. The second-order valence-corrected chi connectivity index (χ2v) is 7.41. The molecule has 1 aliphatic rings. The maximum atomic E-state index is 11.6. The first-order valence-electron chi connectivity index (χ1n) is 6.39. The van der Waals surface area contributed by atoms with Crippen molar-refractivity contribution in [3.05, 3.63) is 30.4 Å². The van der Waals surface area contributed by atoms with E-state index in [1.807, 2.05) is 4.40 Å². The predicted molar refractivity (Wildman–Crippen MR) is 71.9 cm³/mol. The summed E-state index contributed by atoms with van der Waals surface area (Å²) in [4.78, 5) is 4.34. The second-order valence-electron chi connectivity index (χ2n) is 5.18. The molecule has 1 unspecified atom stereocenters. The molecule has 0 radical (unpaired) electrons. The van der Waals surface area contributed by atoms with Crippen LogP contribution in [0, 0.1) is 5.92 Å². The molecule has 3 heterocycles. The van der Waals surface area contributed by atoms with Crippen molar-refractivity contribution in [2.45, 2.75) is 19.3 Å². The monoisotopic (exact) mass is 280 g/mol. The van der Waals surface area contributed by atoms with Crippen LogP contribution in [0.15, 0.2) is 24.5 Å². The Balaban J connectivity index is 1.85. The van der Waals surface area contributed by atoms with E-state index in [1.54, 1.807) is 24.5 Å². The van der Waals surface area contributed by atoms with Crippen LogP contribution in [-0.4, -0.2) is 34.4 Å². The first-order valence-corrected chi connectivity index (χ1v) is 8.21. The van der Waals surface area contributed by atoms with E-state index in [4.69, 9.17) is 0 Å². The molecular formula is C13H16N2O3S. The molecule has 1 aliphatic heterocycles. The number of nitrogens with zero attached hydrogens (tertiary/aromatic N) is 2. The minimum Gasteiger partial charge on any atom is -0.508 e. The van der Waals surface area contributed by atoms with Gasteiger partial charge in [0.05, 0.1) is 23.2 Å². The number of fused-ring (bicyclic) bond motifs is 1. The van der Waals surface area contributed by atoms with Crippen molar-refractivity contribution in [3.63, 3.8) is 0 Å². The SMILES string of the molecule is O=S1(=O)CCCC(Cc2ncc3cc(O)ccn23)C1. The van der Waals surface area contributed by atoms with E-state index >= 15 is 0 Å². The van der Waals surface area contributed by atoms with Gasteiger partial charge in [-0.05, 0) is 24.8 Å². The lowest BCUT2D eigenvalue weighted by atomic mass is 10.0. The molecule has 0 spiro atoms. The van der Waals surface area contributed by atoms with Gasteiger partial charge in [-0.15, -0.1) is 0 Å². The highest BCUT2D eigenvalue weighted by molar-refractivity contribution is 7.91. The van der Waals surface area contributed by atoms with E-state index in [-0.39, 0.29) is 17.4 Å². The summed E-state index contributed by atoms with van der Waals surface area (Å²) in [6.07, 6.45) is 5.82. The van der Waals surface area contributed by atoms with Crippen molar-refractivity contribution in [1.82, 2.24) is 9.38 Å². The van der Waals surface area contributed by atoms with Gasteiger partial charge in [0.25, 0.3) is 0 Å². The molecule has 2 aromatic rings. The molecule has 0 bridgehead atoms. The summed E-state index contributed by atoms with van der Waals surface area (Å²) in [6.45, 7) is 0. The Labute approximate surface area is 111 Å².